The average molecular weight is 285 g/mol. The van der Waals surface area contributed by atoms with Crippen molar-refractivity contribution in [3.8, 4) is 0 Å². The summed E-state index contributed by atoms with van der Waals surface area (Å²) < 4.78 is 6.57. The second-order valence-corrected chi connectivity index (χ2v) is 12.1. The molecule has 0 unspecified atom stereocenters. The van der Waals surface area contributed by atoms with Gasteiger partial charge in [-0.05, 0) is 37.9 Å². The summed E-state index contributed by atoms with van der Waals surface area (Å²) in [5, 5.41) is 10.5. The topological polar surface area (TPSA) is 29.5 Å². The maximum absolute atomic E-state index is 10.3. The first-order valence-electron chi connectivity index (χ1n) is 7.68. The first-order valence-corrected chi connectivity index (χ1v) is 10.6. The largest absolute Gasteiger partial charge is 0.414 e. The zero-order chi connectivity index (χ0) is 14.7. The molecule has 0 saturated heterocycles. The van der Waals surface area contributed by atoms with E-state index in [1.54, 1.807) is 0 Å². The van der Waals surface area contributed by atoms with Crippen molar-refractivity contribution in [3.05, 3.63) is 12.2 Å². The lowest BCUT2D eigenvalue weighted by molar-refractivity contribution is 0.0150. The first-order chi connectivity index (χ1) is 8.69. The summed E-state index contributed by atoms with van der Waals surface area (Å²) in [6, 6.07) is 0. The Labute approximate surface area is 120 Å². The molecule has 1 fully saturated rings. The van der Waals surface area contributed by atoms with E-state index in [9.17, 15) is 5.11 Å². The highest BCUT2D eigenvalue weighted by molar-refractivity contribution is 6.74. The van der Waals surface area contributed by atoms with Crippen LogP contribution in [0.5, 0.6) is 0 Å². The van der Waals surface area contributed by atoms with Gasteiger partial charge in [0.15, 0.2) is 8.32 Å². The van der Waals surface area contributed by atoms with Crippen LogP contribution < -0.4 is 0 Å². The van der Waals surface area contributed by atoms with Crippen LogP contribution in [0.15, 0.2) is 12.2 Å². The molecule has 1 aliphatic carbocycles. The predicted octanol–water partition coefficient (Wildman–Crippen LogP) is 4.50. The molecule has 1 aliphatic rings. The van der Waals surface area contributed by atoms with Gasteiger partial charge >= 0.3 is 0 Å². The zero-order valence-corrected chi connectivity index (χ0v) is 14.6. The Bertz CT molecular complexity index is 304. The molecule has 0 spiro atoms. The van der Waals surface area contributed by atoms with Crippen LogP contribution in [0.4, 0.5) is 0 Å². The molecule has 0 aromatic rings. The number of rotatable bonds is 4. The van der Waals surface area contributed by atoms with E-state index in [4.69, 9.17) is 4.43 Å². The molecule has 3 heteroatoms. The van der Waals surface area contributed by atoms with Crippen molar-refractivity contribution in [2.24, 2.45) is 5.92 Å². The molecule has 112 valence electrons. The van der Waals surface area contributed by atoms with Crippen molar-refractivity contribution in [2.75, 3.05) is 0 Å². The fourth-order valence-electron chi connectivity index (χ4n) is 2.56. The Hall–Kier alpha value is -0.123. The van der Waals surface area contributed by atoms with E-state index < -0.39 is 8.32 Å². The maximum Gasteiger partial charge on any atom is 0.192 e. The molecule has 1 saturated carbocycles. The SMILES string of the molecule is CC=C[C@@H](O)[C@@H]1CCCC[C@@H]1O[Si](C)(C)C(C)(C)C. The van der Waals surface area contributed by atoms with Crippen LogP contribution in [-0.2, 0) is 4.43 Å². The number of allylic oxidation sites excluding steroid dienone is 1. The molecule has 0 radical (unpaired) electrons. The van der Waals surface area contributed by atoms with Crippen molar-refractivity contribution < 1.29 is 9.53 Å². The Morgan fingerprint density at radius 1 is 1.21 bits per heavy atom. The molecule has 19 heavy (non-hydrogen) atoms. The van der Waals surface area contributed by atoms with Crippen LogP contribution in [0, 0.1) is 5.92 Å². The lowest BCUT2D eigenvalue weighted by atomic mass is 9.82. The van der Waals surface area contributed by atoms with E-state index in [-0.39, 0.29) is 23.2 Å². The Morgan fingerprint density at radius 3 is 2.32 bits per heavy atom. The standard InChI is InChI=1S/C16H32O2Si/c1-7-10-14(17)13-11-8-9-12-15(13)18-19(5,6)16(2,3)4/h7,10,13-15,17H,8-9,11-12H2,1-6H3/t13-,14+,15-/m0/s1. The van der Waals surface area contributed by atoms with Crippen LogP contribution in [-0.4, -0.2) is 25.6 Å². The number of aliphatic hydroxyl groups is 1. The van der Waals surface area contributed by atoms with Gasteiger partial charge in [0.25, 0.3) is 0 Å². The van der Waals surface area contributed by atoms with Gasteiger partial charge in [0.2, 0.25) is 0 Å². The minimum atomic E-state index is -1.74. The Kier molecular flexibility index (Phi) is 5.84. The normalized spacial score (nSPS) is 27.7. The summed E-state index contributed by atoms with van der Waals surface area (Å²) in [5.74, 6) is 0.277. The van der Waals surface area contributed by atoms with Gasteiger partial charge in [-0.2, -0.15) is 0 Å². The summed E-state index contributed by atoms with van der Waals surface area (Å²) in [6.45, 7) is 13.4. The highest BCUT2D eigenvalue weighted by Gasteiger charge is 2.42. The van der Waals surface area contributed by atoms with Gasteiger partial charge in [0.1, 0.15) is 0 Å². The number of aliphatic hydroxyl groups excluding tert-OH is 1. The summed E-state index contributed by atoms with van der Waals surface area (Å²) in [5.41, 5.74) is 0. The van der Waals surface area contributed by atoms with Crippen LogP contribution in [0.1, 0.15) is 53.4 Å². The molecule has 1 rings (SSSR count). The monoisotopic (exact) mass is 284 g/mol. The molecule has 3 atom stereocenters. The molecule has 0 aliphatic heterocycles. The van der Waals surface area contributed by atoms with Gasteiger partial charge < -0.3 is 9.53 Å². The van der Waals surface area contributed by atoms with E-state index in [2.05, 4.69) is 33.9 Å². The fraction of sp³-hybridized carbons (Fsp3) is 0.875. The van der Waals surface area contributed by atoms with Crippen molar-refractivity contribution in [1.29, 1.82) is 0 Å². The van der Waals surface area contributed by atoms with E-state index in [1.165, 1.54) is 12.8 Å². The minimum absolute atomic E-state index is 0.237. The number of hydrogen-bond donors (Lipinski definition) is 1. The lowest BCUT2D eigenvalue weighted by Gasteiger charge is -2.43. The van der Waals surface area contributed by atoms with Crippen molar-refractivity contribution in [2.45, 2.75) is 83.7 Å². The second-order valence-electron chi connectivity index (χ2n) is 7.38. The summed E-state index contributed by atoms with van der Waals surface area (Å²) in [7, 11) is -1.74. The van der Waals surface area contributed by atoms with Gasteiger partial charge in [0.05, 0.1) is 12.2 Å². The van der Waals surface area contributed by atoms with Crippen LogP contribution in [0.2, 0.25) is 18.1 Å². The predicted molar refractivity (Wildman–Crippen MR) is 84.8 cm³/mol. The third-order valence-electron chi connectivity index (χ3n) is 4.83. The zero-order valence-electron chi connectivity index (χ0n) is 13.6. The second kappa shape index (κ2) is 6.55. The first kappa shape index (κ1) is 16.9. The van der Waals surface area contributed by atoms with Crippen molar-refractivity contribution in [3.63, 3.8) is 0 Å². The molecule has 1 N–H and O–H groups in total. The van der Waals surface area contributed by atoms with Gasteiger partial charge in [-0.1, -0.05) is 45.8 Å². The van der Waals surface area contributed by atoms with Gasteiger partial charge in [0, 0.05) is 5.92 Å². The summed E-state index contributed by atoms with van der Waals surface area (Å²) in [4.78, 5) is 0. The lowest BCUT2D eigenvalue weighted by Crippen LogP contribution is -2.48. The van der Waals surface area contributed by atoms with E-state index >= 15 is 0 Å². The highest BCUT2D eigenvalue weighted by atomic mass is 28.4. The molecule has 2 nitrogen and oxygen atoms in total. The van der Waals surface area contributed by atoms with Gasteiger partial charge in [-0.15, -0.1) is 0 Å². The molecule has 0 heterocycles. The molecule has 0 aromatic carbocycles. The van der Waals surface area contributed by atoms with E-state index in [0.29, 0.717) is 0 Å². The van der Waals surface area contributed by atoms with Crippen LogP contribution in [0.25, 0.3) is 0 Å². The van der Waals surface area contributed by atoms with Crippen LogP contribution in [0.3, 0.4) is 0 Å². The van der Waals surface area contributed by atoms with Crippen molar-refractivity contribution in [1.82, 2.24) is 0 Å². The number of hydrogen-bond acceptors (Lipinski definition) is 2. The average Bonchev–Trinajstić information content (AvgIpc) is 2.28. The third-order valence-corrected chi connectivity index (χ3v) is 9.34. The quantitative estimate of drug-likeness (QED) is 0.608. The molecule has 0 bridgehead atoms. The van der Waals surface area contributed by atoms with Crippen molar-refractivity contribution >= 4 is 8.32 Å². The molecular weight excluding hydrogens is 252 g/mol. The Balaban J connectivity index is 2.78. The molecular formula is C16H32O2Si. The molecule has 0 aromatic heterocycles. The minimum Gasteiger partial charge on any atom is -0.414 e. The van der Waals surface area contributed by atoms with E-state index in [1.807, 2.05) is 19.1 Å². The molecule has 0 amide bonds. The fourth-order valence-corrected chi connectivity index (χ4v) is 3.96. The third kappa shape index (κ3) is 4.43. The summed E-state index contributed by atoms with van der Waals surface area (Å²) >= 11 is 0. The Morgan fingerprint density at radius 2 is 1.79 bits per heavy atom. The van der Waals surface area contributed by atoms with E-state index in [0.717, 1.165) is 12.8 Å². The maximum atomic E-state index is 10.3. The van der Waals surface area contributed by atoms with Crippen LogP contribution >= 0.6 is 0 Å². The summed E-state index contributed by atoms with van der Waals surface area (Å²) in [6.07, 6.45) is 8.40. The van der Waals surface area contributed by atoms with Gasteiger partial charge in [-0.25, -0.2) is 0 Å². The van der Waals surface area contributed by atoms with Gasteiger partial charge in [-0.3, -0.25) is 0 Å². The highest BCUT2D eigenvalue weighted by Crippen LogP contribution is 2.40. The smallest absolute Gasteiger partial charge is 0.192 e.